The number of nitrogens with one attached hydrogen (secondary N) is 1. The van der Waals surface area contributed by atoms with Crippen LogP contribution in [0.1, 0.15) is 49.2 Å². The van der Waals surface area contributed by atoms with Gasteiger partial charge in [0.2, 0.25) is 0 Å². The molecule has 0 amide bonds. The normalized spacial score (nSPS) is 20.1. The molecule has 0 aliphatic carbocycles. The molecule has 0 radical (unpaired) electrons. The van der Waals surface area contributed by atoms with Crippen molar-refractivity contribution in [1.29, 1.82) is 0 Å². The van der Waals surface area contributed by atoms with Gasteiger partial charge in [-0.2, -0.15) is 18.3 Å². The van der Waals surface area contributed by atoms with Gasteiger partial charge in [0.25, 0.3) is 0 Å². The molecular formula is C27H35Cl2F3N6O2S. The van der Waals surface area contributed by atoms with Crippen molar-refractivity contribution < 1.29 is 21.6 Å². The van der Waals surface area contributed by atoms with E-state index in [0.29, 0.717) is 39.7 Å². The summed E-state index contributed by atoms with van der Waals surface area (Å²) in [7, 11) is -2.96. The summed E-state index contributed by atoms with van der Waals surface area (Å²) in [5.41, 5.74) is 1.74. The topological polar surface area (TPSA) is 90.8 Å². The minimum Gasteiger partial charge on any atom is -0.355 e. The Kier molecular flexibility index (Phi) is 10.1. The van der Waals surface area contributed by atoms with Gasteiger partial charge in [-0.1, -0.05) is 29.3 Å². The van der Waals surface area contributed by atoms with Crippen LogP contribution in [0.4, 0.5) is 19.0 Å². The zero-order valence-corrected chi connectivity index (χ0v) is 25.6. The van der Waals surface area contributed by atoms with Crippen LogP contribution in [0, 0.1) is 18.8 Å². The smallest absolute Gasteiger partial charge is 0.355 e. The first kappa shape index (κ1) is 31.8. The molecule has 2 fully saturated rings. The minimum atomic E-state index is -4.76. The van der Waals surface area contributed by atoms with Gasteiger partial charge >= 0.3 is 6.18 Å². The Labute approximate surface area is 249 Å². The van der Waals surface area contributed by atoms with Crippen LogP contribution in [-0.4, -0.2) is 79.9 Å². The highest BCUT2D eigenvalue weighted by atomic mass is 35.5. The molecule has 0 unspecified atom stereocenters. The van der Waals surface area contributed by atoms with Crippen LogP contribution in [-0.2, 0) is 9.84 Å². The van der Waals surface area contributed by atoms with E-state index in [-0.39, 0.29) is 17.1 Å². The second kappa shape index (κ2) is 13.0. The lowest BCUT2D eigenvalue weighted by Gasteiger charge is -2.47. The average molecular weight is 636 g/mol. The van der Waals surface area contributed by atoms with Gasteiger partial charge in [0.1, 0.15) is 21.3 Å². The van der Waals surface area contributed by atoms with Gasteiger partial charge in [-0.05, 0) is 75.7 Å². The number of likely N-dealkylation sites (tertiary alicyclic amines) is 1. The molecule has 2 aliphatic heterocycles. The molecule has 3 heterocycles. The van der Waals surface area contributed by atoms with Gasteiger partial charge in [0, 0.05) is 35.9 Å². The Balaban J connectivity index is 1.38. The molecule has 0 saturated carbocycles. The number of aromatic nitrogens is 2. The van der Waals surface area contributed by atoms with Crippen molar-refractivity contribution in [3.8, 4) is 0 Å². The first-order valence-electron chi connectivity index (χ1n) is 13.6. The molecule has 1 aromatic carbocycles. The lowest BCUT2D eigenvalue weighted by atomic mass is 9.80. The van der Waals surface area contributed by atoms with E-state index in [1.165, 1.54) is 25.4 Å². The van der Waals surface area contributed by atoms with E-state index < -0.39 is 27.8 Å². The van der Waals surface area contributed by atoms with E-state index >= 15 is 0 Å². The number of sulfone groups is 1. The first-order chi connectivity index (χ1) is 19.2. The summed E-state index contributed by atoms with van der Waals surface area (Å²) in [5.74, 6) is 1.69. The van der Waals surface area contributed by atoms with E-state index in [2.05, 4.69) is 25.4 Å². The van der Waals surface area contributed by atoms with Gasteiger partial charge in [0.15, 0.2) is 5.71 Å². The third kappa shape index (κ3) is 8.46. The number of benzene rings is 1. The summed E-state index contributed by atoms with van der Waals surface area (Å²) < 4.78 is 64.9. The Morgan fingerprint density at radius 2 is 1.95 bits per heavy atom. The highest BCUT2D eigenvalue weighted by molar-refractivity contribution is 7.90. The third-order valence-electron chi connectivity index (χ3n) is 7.66. The number of halogens is 5. The number of hydrogen-bond acceptors (Lipinski definition) is 8. The van der Waals surface area contributed by atoms with Crippen molar-refractivity contribution in [2.24, 2.45) is 16.9 Å². The molecule has 1 aromatic heterocycles. The predicted octanol–water partition coefficient (Wildman–Crippen LogP) is 5.29. The van der Waals surface area contributed by atoms with Crippen LogP contribution in [0.15, 0.2) is 29.5 Å². The summed E-state index contributed by atoms with van der Waals surface area (Å²) >= 11 is 12.1. The number of rotatable bonds is 10. The summed E-state index contributed by atoms with van der Waals surface area (Å²) in [6.07, 6.45) is 0.702. The number of aryl methyl sites for hydroxylation is 1. The van der Waals surface area contributed by atoms with Crippen LogP contribution in [0.3, 0.4) is 0 Å². The fraction of sp³-hybridized carbons (Fsp3) is 0.593. The number of nitrogens with zero attached hydrogens (tertiary/aromatic N) is 5. The molecule has 4 rings (SSSR count). The van der Waals surface area contributed by atoms with E-state index in [0.717, 1.165) is 45.6 Å². The number of alkyl halides is 3. The van der Waals surface area contributed by atoms with E-state index in [9.17, 15) is 21.6 Å². The van der Waals surface area contributed by atoms with Crippen molar-refractivity contribution >= 4 is 44.6 Å². The van der Waals surface area contributed by atoms with Gasteiger partial charge in [-0.25, -0.2) is 18.4 Å². The maximum atomic E-state index is 14.0. The van der Waals surface area contributed by atoms with Crippen molar-refractivity contribution in [2.75, 3.05) is 49.6 Å². The Bertz CT molecular complexity index is 1370. The van der Waals surface area contributed by atoms with E-state index in [4.69, 9.17) is 23.2 Å². The van der Waals surface area contributed by atoms with Gasteiger partial charge in [-0.3, -0.25) is 0 Å². The molecule has 2 saturated heterocycles. The second-order valence-electron chi connectivity index (χ2n) is 11.0. The zero-order valence-electron chi connectivity index (χ0n) is 23.3. The molecule has 226 valence electrons. The highest BCUT2D eigenvalue weighted by Gasteiger charge is 2.41. The van der Waals surface area contributed by atoms with Crippen LogP contribution >= 0.6 is 23.2 Å². The van der Waals surface area contributed by atoms with Crippen LogP contribution in [0.5, 0.6) is 0 Å². The van der Waals surface area contributed by atoms with Crippen LogP contribution in [0.2, 0.25) is 10.0 Å². The standard InChI is InChI=1S/C27H35Cl2F3N6O2S/c1-17(22-8-7-21(28)12-23(22)29)35-36-26(27(30,31)32)25-18(2)34-24(13-33-25)38-15-20(16-38)19-6-4-9-37(14-19)10-5-11-41(3,39)40/h7-8,12-13,17,19-20,35H,4-6,9-11,14-16H2,1-3H3/b36-26+/t17-,19+/m1/s1. The lowest BCUT2D eigenvalue weighted by molar-refractivity contribution is -0.0587. The summed E-state index contributed by atoms with van der Waals surface area (Å²) in [5, 5.41) is 4.43. The summed E-state index contributed by atoms with van der Waals surface area (Å²) in [6.45, 7) is 7.36. The fourth-order valence-electron chi connectivity index (χ4n) is 5.42. The first-order valence-corrected chi connectivity index (χ1v) is 16.4. The van der Waals surface area contributed by atoms with E-state index in [1.807, 2.05) is 4.90 Å². The second-order valence-corrected chi connectivity index (χ2v) is 14.1. The average Bonchev–Trinajstić information content (AvgIpc) is 2.83. The number of piperidine rings is 1. The van der Waals surface area contributed by atoms with Crippen molar-refractivity contribution in [3.63, 3.8) is 0 Å². The quantitative estimate of drug-likeness (QED) is 0.280. The molecule has 0 spiro atoms. The monoisotopic (exact) mass is 634 g/mol. The van der Waals surface area contributed by atoms with Gasteiger partial charge in [0.05, 0.1) is 23.7 Å². The third-order valence-corrected chi connectivity index (χ3v) is 9.25. The molecule has 2 aromatic rings. The van der Waals surface area contributed by atoms with Crippen LogP contribution < -0.4 is 10.3 Å². The summed E-state index contributed by atoms with van der Waals surface area (Å²) in [6, 6.07) is 4.15. The summed E-state index contributed by atoms with van der Waals surface area (Å²) in [4.78, 5) is 13.0. The molecule has 1 N–H and O–H groups in total. The number of anilines is 1. The maximum absolute atomic E-state index is 14.0. The largest absolute Gasteiger partial charge is 0.437 e. The molecular weight excluding hydrogens is 600 g/mol. The fourth-order valence-corrected chi connectivity index (χ4v) is 6.64. The predicted molar refractivity (Wildman–Crippen MR) is 157 cm³/mol. The van der Waals surface area contributed by atoms with Crippen molar-refractivity contribution in [3.05, 3.63) is 51.4 Å². The van der Waals surface area contributed by atoms with E-state index in [1.54, 1.807) is 19.1 Å². The molecule has 0 bridgehead atoms. The molecule has 41 heavy (non-hydrogen) atoms. The number of hydrazone groups is 1. The van der Waals surface area contributed by atoms with Gasteiger partial charge in [-0.15, -0.1) is 0 Å². The minimum absolute atomic E-state index is 0.135. The zero-order chi connectivity index (χ0) is 29.9. The maximum Gasteiger partial charge on any atom is 0.437 e. The van der Waals surface area contributed by atoms with Crippen LogP contribution in [0.25, 0.3) is 0 Å². The van der Waals surface area contributed by atoms with Gasteiger partial charge < -0.3 is 15.2 Å². The van der Waals surface area contributed by atoms with Crippen molar-refractivity contribution in [1.82, 2.24) is 20.3 Å². The highest BCUT2D eigenvalue weighted by Crippen LogP contribution is 2.34. The number of hydrogen-bond donors (Lipinski definition) is 1. The SMILES string of the molecule is Cc1nc(N2CC([C@H]3CCCN(CCCS(C)(=O)=O)C3)C2)cnc1/C(=N\N[C@H](C)c1ccc(Cl)cc1Cl)C(F)(F)F. The molecule has 2 aliphatic rings. The lowest BCUT2D eigenvalue weighted by Crippen LogP contribution is -2.54. The molecule has 8 nitrogen and oxygen atoms in total. The van der Waals surface area contributed by atoms with Crippen molar-refractivity contribution in [2.45, 2.75) is 45.3 Å². The molecule has 14 heteroatoms. The molecule has 2 atom stereocenters. The Morgan fingerprint density at radius 1 is 1.22 bits per heavy atom. The Hall–Kier alpha value is -2.15. The Morgan fingerprint density at radius 3 is 2.59 bits per heavy atom.